The molecular weight excluding hydrogens is 192 g/mol. The van der Waals surface area contributed by atoms with Crippen molar-refractivity contribution in [1.29, 1.82) is 0 Å². The number of hydrogen-bond acceptors (Lipinski definition) is 4. The molecule has 2 aliphatic heterocycles. The third-order valence-corrected chi connectivity index (χ3v) is 3.00. The average molecular weight is 210 g/mol. The Bertz CT molecular complexity index is 278. The number of dihydropyridines is 1. The van der Waals surface area contributed by atoms with Gasteiger partial charge in [0.1, 0.15) is 0 Å². The zero-order valence-electron chi connectivity index (χ0n) is 8.74. The summed E-state index contributed by atoms with van der Waals surface area (Å²) >= 11 is 0. The summed E-state index contributed by atoms with van der Waals surface area (Å²) in [4.78, 5) is 0. The Morgan fingerprint density at radius 2 is 2.20 bits per heavy atom. The maximum absolute atomic E-state index is 10.1. The van der Waals surface area contributed by atoms with Crippen LogP contribution in [0, 0.1) is 0 Å². The molecule has 84 valence electrons. The number of aliphatic hydroxyl groups is 2. The minimum absolute atomic E-state index is 0.267. The van der Waals surface area contributed by atoms with E-state index in [1.54, 1.807) is 6.08 Å². The Morgan fingerprint density at radius 3 is 2.80 bits per heavy atom. The highest BCUT2D eigenvalue weighted by Crippen LogP contribution is 2.23. The lowest BCUT2D eigenvalue weighted by Gasteiger charge is -2.37. The first kappa shape index (κ1) is 10.7. The van der Waals surface area contributed by atoms with Crippen molar-refractivity contribution in [2.75, 3.05) is 13.1 Å². The molecule has 2 heterocycles. The van der Waals surface area contributed by atoms with Crippen molar-refractivity contribution in [2.45, 2.75) is 31.1 Å². The van der Waals surface area contributed by atoms with E-state index < -0.39 is 5.79 Å². The first-order valence-corrected chi connectivity index (χ1v) is 5.50. The number of nitrogens with one attached hydrogen (secondary N) is 2. The van der Waals surface area contributed by atoms with E-state index in [9.17, 15) is 10.2 Å². The fraction of sp³-hybridized carbons (Fsp3) is 0.636. The minimum atomic E-state index is -1.77. The Labute approximate surface area is 89.7 Å². The van der Waals surface area contributed by atoms with E-state index in [0.29, 0.717) is 12.2 Å². The average Bonchev–Trinajstić information content (AvgIpc) is 2.31. The molecule has 2 rings (SSSR count). The first-order valence-electron chi connectivity index (χ1n) is 5.50. The fourth-order valence-corrected chi connectivity index (χ4v) is 2.10. The number of piperidine rings is 1. The molecule has 0 spiro atoms. The molecule has 2 aliphatic rings. The predicted octanol–water partition coefficient (Wildman–Crippen LogP) is -0.147. The van der Waals surface area contributed by atoms with Crippen LogP contribution in [-0.2, 0) is 0 Å². The Balaban J connectivity index is 2.09. The Kier molecular flexibility index (Phi) is 3.09. The molecule has 1 fully saturated rings. The van der Waals surface area contributed by atoms with Crippen LogP contribution in [-0.4, -0.2) is 35.1 Å². The molecule has 15 heavy (non-hydrogen) atoms. The molecule has 4 heteroatoms. The highest BCUT2D eigenvalue weighted by Gasteiger charge is 2.38. The second-order valence-electron chi connectivity index (χ2n) is 4.12. The van der Waals surface area contributed by atoms with Crippen LogP contribution < -0.4 is 10.6 Å². The van der Waals surface area contributed by atoms with Gasteiger partial charge in [-0.15, -0.1) is 0 Å². The zero-order valence-corrected chi connectivity index (χ0v) is 8.74. The topological polar surface area (TPSA) is 64.5 Å². The van der Waals surface area contributed by atoms with Crippen LogP contribution in [0.5, 0.6) is 0 Å². The van der Waals surface area contributed by atoms with E-state index in [1.165, 1.54) is 0 Å². The predicted molar refractivity (Wildman–Crippen MR) is 58.0 cm³/mol. The van der Waals surface area contributed by atoms with Gasteiger partial charge in [-0.2, -0.15) is 0 Å². The van der Waals surface area contributed by atoms with Gasteiger partial charge in [-0.1, -0.05) is 18.6 Å². The fourth-order valence-electron chi connectivity index (χ4n) is 2.10. The van der Waals surface area contributed by atoms with Crippen LogP contribution in [0.15, 0.2) is 23.9 Å². The molecule has 0 aromatic carbocycles. The summed E-state index contributed by atoms with van der Waals surface area (Å²) in [5.74, 6) is -1.77. The summed E-state index contributed by atoms with van der Waals surface area (Å²) in [6, 6.07) is -0.267. The van der Waals surface area contributed by atoms with Crippen LogP contribution in [0.3, 0.4) is 0 Å². The van der Waals surface area contributed by atoms with Crippen molar-refractivity contribution < 1.29 is 10.2 Å². The van der Waals surface area contributed by atoms with E-state index in [4.69, 9.17) is 0 Å². The third-order valence-electron chi connectivity index (χ3n) is 3.00. The maximum atomic E-state index is 10.1. The summed E-state index contributed by atoms with van der Waals surface area (Å²) in [5, 5.41) is 26.3. The molecule has 0 aliphatic carbocycles. The summed E-state index contributed by atoms with van der Waals surface area (Å²) in [6.07, 6.45) is 8.46. The minimum Gasteiger partial charge on any atom is -0.380 e. The Morgan fingerprint density at radius 1 is 1.33 bits per heavy atom. The molecule has 1 saturated heterocycles. The number of allylic oxidation sites excluding steroid dienone is 2. The highest BCUT2D eigenvalue weighted by molar-refractivity contribution is 5.24. The van der Waals surface area contributed by atoms with Gasteiger partial charge in [-0.05, 0) is 25.5 Å². The van der Waals surface area contributed by atoms with Gasteiger partial charge < -0.3 is 20.8 Å². The maximum Gasteiger partial charge on any atom is 0.220 e. The SMILES string of the molecule is OC(O)(C1=CC=CCN1)C1CCCCN1. The lowest BCUT2D eigenvalue weighted by Crippen LogP contribution is -2.56. The van der Waals surface area contributed by atoms with E-state index in [0.717, 1.165) is 25.8 Å². The smallest absolute Gasteiger partial charge is 0.220 e. The van der Waals surface area contributed by atoms with Gasteiger partial charge in [0.25, 0.3) is 0 Å². The Hall–Kier alpha value is -0.840. The third kappa shape index (κ3) is 2.22. The molecule has 0 radical (unpaired) electrons. The second kappa shape index (κ2) is 4.35. The van der Waals surface area contributed by atoms with Crippen molar-refractivity contribution in [3.05, 3.63) is 23.9 Å². The van der Waals surface area contributed by atoms with Gasteiger partial charge in [0.15, 0.2) is 0 Å². The zero-order chi connectivity index (χ0) is 10.7. The molecule has 1 atom stereocenters. The molecule has 0 saturated carbocycles. The van der Waals surface area contributed by atoms with E-state index in [-0.39, 0.29) is 6.04 Å². The first-order chi connectivity index (χ1) is 7.21. The quantitative estimate of drug-likeness (QED) is 0.479. The number of hydrogen-bond donors (Lipinski definition) is 4. The molecule has 1 unspecified atom stereocenters. The molecular formula is C11H18N2O2. The molecule has 4 N–H and O–H groups in total. The van der Waals surface area contributed by atoms with Crippen molar-refractivity contribution in [1.82, 2.24) is 10.6 Å². The lowest BCUT2D eigenvalue weighted by atomic mass is 9.94. The van der Waals surface area contributed by atoms with Crippen molar-refractivity contribution >= 4 is 0 Å². The van der Waals surface area contributed by atoms with E-state index >= 15 is 0 Å². The van der Waals surface area contributed by atoms with Gasteiger partial charge in [-0.25, -0.2) is 0 Å². The summed E-state index contributed by atoms with van der Waals surface area (Å²) in [7, 11) is 0. The van der Waals surface area contributed by atoms with Crippen molar-refractivity contribution in [3.8, 4) is 0 Å². The van der Waals surface area contributed by atoms with Gasteiger partial charge in [0.05, 0.1) is 11.7 Å². The number of rotatable bonds is 2. The molecule has 0 aromatic rings. The summed E-state index contributed by atoms with van der Waals surface area (Å²) in [5.41, 5.74) is 0.490. The molecule has 4 nitrogen and oxygen atoms in total. The van der Waals surface area contributed by atoms with E-state index in [2.05, 4.69) is 10.6 Å². The van der Waals surface area contributed by atoms with Crippen molar-refractivity contribution in [3.63, 3.8) is 0 Å². The lowest BCUT2D eigenvalue weighted by molar-refractivity contribution is -0.160. The molecule has 0 amide bonds. The highest BCUT2D eigenvalue weighted by atomic mass is 16.5. The van der Waals surface area contributed by atoms with Crippen LogP contribution in [0.2, 0.25) is 0 Å². The van der Waals surface area contributed by atoms with Crippen LogP contribution in [0.25, 0.3) is 0 Å². The summed E-state index contributed by atoms with van der Waals surface area (Å²) in [6.45, 7) is 1.51. The monoisotopic (exact) mass is 210 g/mol. The van der Waals surface area contributed by atoms with Gasteiger partial charge in [0.2, 0.25) is 5.79 Å². The summed E-state index contributed by atoms with van der Waals surface area (Å²) < 4.78 is 0. The van der Waals surface area contributed by atoms with Crippen LogP contribution >= 0.6 is 0 Å². The molecule has 0 bridgehead atoms. The van der Waals surface area contributed by atoms with Crippen LogP contribution in [0.1, 0.15) is 19.3 Å². The standard InChI is InChI=1S/C11H18N2O2/c14-11(15,9-5-1-3-7-12-9)10-6-2-4-8-13-10/h1,3,5,10,12-15H,2,4,6-8H2. The van der Waals surface area contributed by atoms with E-state index in [1.807, 2.05) is 12.2 Å². The second-order valence-corrected chi connectivity index (χ2v) is 4.12. The molecule has 0 aromatic heterocycles. The normalized spacial score (nSPS) is 27.1. The van der Waals surface area contributed by atoms with Crippen LogP contribution in [0.4, 0.5) is 0 Å². The largest absolute Gasteiger partial charge is 0.380 e. The van der Waals surface area contributed by atoms with Gasteiger partial charge in [0, 0.05) is 6.54 Å². The van der Waals surface area contributed by atoms with Crippen molar-refractivity contribution in [2.24, 2.45) is 0 Å². The van der Waals surface area contributed by atoms with Gasteiger partial charge in [-0.3, -0.25) is 0 Å². The van der Waals surface area contributed by atoms with Gasteiger partial charge >= 0.3 is 0 Å².